The number of guanidine groups is 1. The standard InChI is InChI=1S/C14H23N3O4.HI/c1-10-12(13(18)20-4)8-11(21-10)9-17-14(15-2)16-6-5-7-19-3;/h8H,5-7,9H2,1-4H3,(H2,15,16,17);1H. The van der Waals surface area contributed by atoms with Crippen LogP contribution in [0.25, 0.3) is 0 Å². The number of furan rings is 1. The summed E-state index contributed by atoms with van der Waals surface area (Å²) in [6, 6.07) is 1.67. The normalized spacial score (nSPS) is 10.8. The molecule has 0 saturated heterocycles. The summed E-state index contributed by atoms with van der Waals surface area (Å²) in [5.74, 6) is 1.46. The maximum Gasteiger partial charge on any atom is 0.341 e. The van der Waals surface area contributed by atoms with Gasteiger partial charge in [0, 0.05) is 27.3 Å². The second-order valence-corrected chi connectivity index (χ2v) is 4.37. The summed E-state index contributed by atoms with van der Waals surface area (Å²) in [7, 11) is 4.71. The molecule has 1 aromatic rings. The highest BCUT2D eigenvalue weighted by Crippen LogP contribution is 2.15. The third-order valence-corrected chi connectivity index (χ3v) is 2.85. The van der Waals surface area contributed by atoms with Gasteiger partial charge in [0.05, 0.1) is 13.7 Å². The van der Waals surface area contributed by atoms with Gasteiger partial charge in [0.15, 0.2) is 5.96 Å². The molecule has 0 radical (unpaired) electrons. The predicted molar refractivity (Wildman–Crippen MR) is 94.9 cm³/mol. The van der Waals surface area contributed by atoms with E-state index in [1.54, 1.807) is 27.1 Å². The van der Waals surface area contributed by atoms with Crippen LogP contribution >= 0.6 is 24.0 Å². The summed E-state index contributed by atoms with van der Waals surface area (Å²) in [6.07, 6.45) is 0.892. The van der Waals surface area contributed by atoms with Gasteiger partial charge in [-0.2, -0.15) is 0 Å². The number of aliphatic imine (C=N–C) groups is 1. The van der Waals surface area contributed by atoms with Crippen molar-refractivity contribution < 1.29 is 18.7 Å². The van der Waals surface area contributed by atoms with Crippen molar-refractivity contribution in [3.8, 4) is 0 Å². The highest BCUT2D eigenvalue weighted by molar-refractivity contribution is 14.0. The van der Waals surface area contributed by atoms with Gasteiger partial charge in [0.2, 0.25) is 0 Å². The van der Waals surface area contributed by atoms with E-state index in [-0.39, 0.29) is 24.0 Å². The summed E-state index contributed by atoms with van der Waals surface area (Å²) < 4.78 is 15.2. The van der Waals surface area contributed by atoms with E-state index in [0.717, 1.165) is 13.0 Å². The number of nitrogens with one attached hydrogen (secondary N) is 2. The monoisotopic (exact) mass is 425 g/mol. The van der Waals surface area contributed by atoms with Crippen LogP contribution in [0, 0.1) is 6.92 Å². The number of carbonyl (C=O) groups excluding carboxylic acids is 1. The van der Waals surface area contributed by atoms with Crippen LogP contribution in [-0.4, -0.2) is 46.3 Å². The number of hydrogen-bond acceptors (Lipinski definition) is 5. The number of aryl methyl sites for hydroxylation is 1. The Morgan fingerprint density at radius 1 is 1.36 bits per heavy atom. The molecule has 7 nitrogen and oxygen atoms in total. The zero-order chi connectivity index (χ0) is 15.7. The van der Waals surface area contributed by atoms with Gasteiger partial charge in [-0.1, -0.05) is 0 Å². The van der Waals surface area contributed by atoms with Gasteiger partial charge in [-0.15, -0.1) is 24.0 Å². The Labute approximate surface area is 147 Å². The van der Waals surface area contributed by atoms with Crippen LogP contribution < -0.4 is 10.6 Å². The molecule has 0 unspecified atom stereocenters. The lowest BCUT2D eigenvalue weighted by Crippen LogP contribution is -2.37. The van der Waals surface area contributed by atoms with Crippen molar-refractivity contribution in [1.82, 2.24) is 10.6 Å². The molecule has 0 aromatic carbocycles. The average Bonchev–Trinajstić information content (AvgIpc) is 2.86. The molecule has 0 fully saturated rings. The molecule has 0 aliphatic heterocycles. The molecule has 0 spiro atoms. The Bertz CT molecular complexity index is 488. The number of ether oxygens (including phenoxy) is 2. The third kappa shape index (κ3) is 6.65. The SMILES string of the molecule is CN=C(NCCCOC)NCc1cc(C(=O)OC)c(C)o1.I. The number of methoxy groups -OCH3 is 2. The van der Waals surface area contributed by atoms with Gasteiger partial charge in [0.1, 0.15) is 17.1 Å². The number of hydrogen-bond donors (Lipinski definition) is 2. The van der Waals surface area contributed by atoms with Crippen molar-refractivity contribution in [1.29, 1.82) is 0 Å². The van der Waals surface area contributed by atoms with Gasteiger partial charge < -0.3 is 24.5 Å². The fourth-order valence-electron chi connectivity index (χ4n) is 1.76. The number of halogens is 1. The number of carbonyl (C=O) groups is 1. The zero-order valence-corrected chi connectivity index (χ0v) is 15.7. The van der Waals surface area contributed by atoms with E-state index in [2.05, 4.69) is 20.4 Å². The molecule has 0 aliphatic carbocycles. The van der Waals surface area contributed by atoms with Gasteiger partial charge >= 0.3 is 5.97 Å². The van der Waals surface area contributed by atoms with E-state index in [4.69, 9.17) is 9.15 Å². The molecule has 8 heteroatoms. The van der Waals surface area contributed by atoms with Crippen LogP contribution in [0.15, 0.2) is 15.5 Å². The molecule has 0 aliphatic rings. The second-order valence-electron chi connectivity index (χ2n) is 4.37. The summed E-state index contributed by atoms with van der Waals surface area (Å²) in [6.45, 7) is 3.62. The first-order chi connectivity index (χ1) is 10.1. The van der Waals surface area contributed by atoms with Gasteiger partial charge in [-0.3, -0.25) is 4.99 Å². The molecule has 1 aromatic heterocycles. The van der Waals surface area contributed by atoms with Crippen molar-refractivity contribution in [3.05, 3.63) is 23.2 Å². The van der Waals surface area contributed by atoms with E-state index in [9.17, 15) is 4.79 Å². The predicted octanol–water partition coefficient (Wildman–Crippen LogP) is 1.69. The maximum absolute atomic E-state index is 11.5. The minimum absolute atomic E-state index is 0. The molecule has 0 atom stereocenters. The first-order valence-corrected chi connectivity index (χ1v) is 6.73. The molecular weight excluding hydrogens is 401 g/mol. The van der Waals surface area contributed by atoms with Crippen molar-refractivity contribution in [3.63, 3.8) is 0 Å². The molecule has 126 valence electrons. The Morgan fingerprint density at radius 3 is 2.68 bits per heavy atom. The van der Waals surface area contributed by atoms with Gasteiger partial charge in [-0.05, 0) is 19.4 Å². The van der Waals surface area contributed by atoms with Crippen molar-refractivity contribution in [2.24, 2.45) is 4.99 Å². The topological polar surface area (TPSA) is 85.1 Å². The maximum atomic E-state index is 11.5. The lowest BCUT2D eigenvalue weighted by molar-refractivity contribution is 0.0599. The van der Waals surface area contributed by atoms with E-state index >= 15 is 0 Å². The van der Waals surface area contributed by atoms with Crippen LogP contribution in [0.4, 0.5) is 0 Å². The number of nitrogens with zero attached hydrogens (tertiary/aromatic N) is 1. The van der Waals surface area contributed by atoms with E-state index in [0.29, 0.717) is 36.2 Å². The molecule has 0 amide bonds. The lowest BCUT2D eigenvalue weighted by Gasteiger charge is -2.10. The first kappa shape index (κ1) is 20.7. The minimum Gasteiger partial charge on any atom is -0.465 e. The largest absolute Gasteiger partial charge is 0.465 e. The molecule has 0 bridgehead atoms. The van der Waals surface area contributed by atoms with Crippen LogP contribution in [0.2, 0.25) is 0 Å². The first-order valence-electron chi connectivity index (χ1n) is 6.73. The fourth-order valence-corrected chi connectivity index (χ4v) is 1.76. The second kappa shape index (κ2) is 11.3. The molecule has 1 heterocycles. The summed E-state index contributed by atoms with van der Waals surface area (Å²) in [5, 5.41) is 6.27. The van der Waals surface area contributed by atoms with E-state index < -0.39 is 5.97 Å². The van der Waals surface area contributed by atoms with E-state index in [1.165, 1.54) is 7.11 Å². The van der Waals surface area contributed by atoms with Crippen LogP contribution in [0.5, 0.6) is 0 Å². The molecule has 2 N–H and O–H groups in total. The Kier molecular flexibility index (Phi) is 10.6. The molecule has 1 rings (SSSR count). The number of esters is 1. The molecule has 0 saturated carbocycles. The van der Waals surface area contributed by atoms with Crippen LogP contribution in [-0.2, 0) is 16.0 Å². The molecule has 22 heavy (non-hydrogen) atoms. The van der Waals surface area contributed by atoms with E-state index in [1.807, 2.05) is 0 Å². The summed E-state index contributed by atoms with van der Waals surface area (Å²) in [4.78, 5) is 15.6. The van der Waals surface area contributed by atoms with Gasteiger partial charge in [-0.25, -0.2) is 4.79 Å². The zero-order valence-electron chi connectivity index (χ0n) is 13.4. The van der Waals surface area contributed by atoms with Gasteiger partial charge in [0.25, 0.3) is 0 Å². The fraction of sp³-hybridized carbons (Fsp3) is 0.571. The smallest absolute Gasteiger partial charge is 0.341 e. The quantitative estimate of drug-likeness (QED) is 0.228. The van der Waals surface area contributed by atoms with Crippen molar-refractivity contribution in [2.45, 2.75) is 19.9 Å². The van der Waals surface area contributed by atoms with Crippen LogP contribution in [0.1, 0.15) is 28.3 Å². The Hall–Kier alpha value is -1.29. The average molecular weight is 425 g/mol. The Balaban J connectivity index is 0.00000441. The molecular formula is C14H24IN3O4. The van der Waals surface area contributed by atoms with Crippen molar-refractivity contribution >= 4 is 35.9 Å². The summed E-state index contributed by atoms with van der Waals surface area (Å²) >= 11 is 0. The highest BCUT2D eigenvalue weighted by Gasteiger charge is 2.15. The third-order valence-electron chi connectivity index (χ3n) is 2.85. The Morgan fingerprint density at radius 2 is 2.09 bits per heavy atom. The summed E-state index contributed by atoms with van der Waals surface area (Å²) in [5.41, 5.74) is 0.442. The van der Waals surface area contributed by atoms with Crippen LogP contribution in [0.3, 0.4) is 0 Å². The highest BCUT2D eigenvalue weighted by atomic mass is 127. The minimum atomic E-state index is -0.399. The van der Waals surface area contributed by atoms with Crippen molar-refractivity contribution in [2.75, 3.05) is 34.4 Å². The lowest BCUT2D eigenvalue weighted by atomic mass is 10.2. The number of rotatable bonds is 7.